The van der Waals surface area contributed by atoms with Crippen molar-refractivity contribution in [2.75, 3.05) is 6.54 Å². The van der Waals surface area contributed by atoms with Crippen molar-refractivity contribution >= 4 is 16.2 Å². The van der Waals surface area contributed by atoms with Crippen LogP contribution in [0.25, 0.3) is 0 Å². The maximum atomic E-state index is 12.4. The molecule has 0 aliphatic heterocycles. The third-order valence-electron chi connectivity index (χ3n) is 2.96. The fourth-order valence-corrected chi connectivity index (χ4v) is 3.06. The third kappa shape index (κ3) is 3.20. The van der Waals surface area contributed by atoms with Gasteiger partial charge in [-0.15, -0.1) is 0 Å². The van der Waals surface area contributed by atoms with Crippen LogP contribution in [-0.4, -0.2) is 35.8 Å². The van der Waals surface area contributed by atoms with Crippen LogP contribution in [0.3, 0.4) is 0 Å². The van der Waals surface area contributed by atoms with Gasteiger partial charge in [0.05, 0.1) is 17.7 Å². The van der Waals surface area contributed by atoms with Crippen molar-refractivity contribution in [2.45, 2.75) is 11.8 Å². The normalized spacial score (nSPS) is 11.7. The van der Waals surface area contributed by atoms with Crippen LogP contribution < -0.4 is 0 Å². The monoisotopic (exact) mass is 320 g/mol. The Bertz CT molecular complexity index is 773. The zero-order valence-corrected chi connectivity index (χ0v) is 12.7. The van der Waals surface area contributed by atoms with E-state index in [4.69, 9.17) is 0 Å². The molecule has 0 atom stereocenters. The molecule has 0 heterocycles. The second kappa shape index (κ2) is 6.48. The Labute approximate surface area is 129 Å². The van der Waals surface area contributed by atoms with Crippen molar-refractivity contribution in [3.05, 3.63) is 54.1 Å². The molecule has 0 amide bonds. The van der Waals surface area contributed by atoms with E-state index in [0.29, 0.717) is 0 Å². The highest BCUT2D eigenvalue weighted by atomic mass is 32.2. The first kappa shape index (κ1) is 15.8. The van der Waals surface area contributed by atoms with Crippen LogP contribution in [0.2, 0.25) is 0 Å². The predicted octanol–water partition coefficient (Wildman–Crippen LogP) is 2.14. The fraction of sp³-hybridized carbons (Fsp3) is 0.133. The van der Waals surface area contributed by atoms with Crippen LogP contribution in [0.1, 0.15) is 12.5 Å². The van der Waals surface area contributed by atoms with E-state index in [2.05, 4.69) is 5.10 Å². The molecule has 2 aromatic rings. The van der Waals surface area contributed by atoms with Crippen LogP contribution in [0.5, 0.6) is 11.5 Å². The van der Waals surface area contributed by atoms with Crippen molar-refractivity contribution in [2.24, 2.45) is 5.10 Å². The predicted molar refractivity (Wildman–Crippen MR) is 83.4 cm³/mol. The minimum Gasteiger partial charge on any atom is -0.504 e. The smallest absolute Gasteiger partial charge is 0.278 e. The number of hydrogen-bond donors (Lipinski definition) is 2. The van der Waals surface area contributed by atoms with Gasteiger partial charge in [0, 0.05) is 5.56 Å². The summed E-state index contributed by atoms with van der Waals surface area (Å²) in [4.78, 5) is 0.133. The van der Waals surface area contributed by atoms with E-state index in [-0.39, 0.29) is 28.5 Å². The lowest BCUT2D eigenvalue weighted by molar-refractivity contribution is 0.403. The SMILES string of the molecule is CCN(N=Cc1cccc(O)c1O)S(=O)(=O)c1ccccc1. The Kier molecular flexibility index (Phi) is 4.67. The summed E-state index contributed by atoms with van der Waals surface area (Å²) in [6.07, 6.45) is 1.19. The molecular weight excluding hydrogens is 304 g/mol. The molecule has 7 heteroatoms. The summed E-state index contributed by atoms with van der Waals surface area (Å²) in [5.74, 6) is -0.641. The molecule has 0 spiro atoms. The molecule has 22 heavy (non-hydrogen) atoms. The van der Waals surface area contributed by atoms with Gasteiger partial charge in [-0.2, -0.15) is 17.9 Å². The Morgan fingerprint density at radius 1 is 1.09 bits per heavy atom. The summed E-state index contributed by atoms with van der Waals surface area (Å²) in [6, 6.07) is 12.3. The highest BCUT2D eigenvalue weighted by Gasteiger charge is 2.20. The van der Waals surface area contributed by atoms with Crippen molar-refractivity contribution in [3.8, 4) is 11.5 Å². The molecule has 2 rings (SSSR count). The van der Waals surface area contributed by atoms with Gasteiger partial charge in [-0.1, -0.05) is 24.3 Å². The molecule has 0 aliphatic carbocycles. The van der Waals surface area contributed by atoms with Crippen molar-refractivity contribution in [1.82, 2.24) is 4.41 Å². The van der Waals surface area contributed by atoms with Crippen LogP contribution in [0, 0.1) is 0 Å². The van der Waals surface area contributed by atoms with Gasteiger partial charge >= 0.3 is 0 Å². The molecule has 2 N–H and O–H groups in total. The summed E-state index contributed by atoms with van der Waals surface area (Å²) in [6.45, 7) is 1.79. The maximum Gasteiger partial charge on any atom is 0.278 e. The number of hydrogen-bond acceptors (Lipinski definition) is 5. The molecule has 0 saturated heterocycles. The molecule has 0 aromatic heterocycles. The molecule has 0 fully saturated rings. The summed E-state index contributed by atoms with van der Waals surface area (Å²) < 4.78 is 25.8. The van der Waals surface area contributed by atoms with Crippen molar-refractivity contribution in [1.29, 1.82) is 0 Å². The number of benzene rings is 2. The number of aromatic hydroxyl groups is 2. The van der Waals surface area contributed by atoms with Gasteiger partial charge in [0.1, 0.15) is 0 Å². The maximum absolute atomic E-state index is 12.4. The Morgan fingerprint density at radius 2 is 1.77 bits per heavy atom. The zero-order valence-electron chi connectivity index (χ0n) is 11.9. The van der Waals surface area contributed by atoms with E-state index in [1.807, 2.05) is 0 Å². The van der Waals surface area contributed by atoms with Crippen molar-refractivity contribution in [3.63, 3.8) is 0 Å². The fourth-order valence-electron chi connectivity index (χ4n) is 1.81. The van der Waals surface area contributed by atoms with Gasteiger partial charge in [0.25, 0.3) is 10.0 Å². The van der Waals surface area contributed by atoms with Gasteiger partial charge in [0.2, 0.25) is 0 Å². The first-order chi connectivity index (χ1) is 10.5. The van der Waals surface area contributed by atoms with Crippen molar-refractivity contribution < 1.29 is 18.6 Å². The number of phenols is 2. The first-order valence-electron chi connectivity index (χ1n) is 6.59. The number of phenolic OH excluding ortho intramolecular Hbond substituents is 2. The lowest BCUT2D eigenvalue weighted by Gasteiger charge is -2.17. The van der Waals surface area contributed by atoms with E-state index in [0.717, 1.165) is 4.41 Å². The molecular formula is C15H16N2O4S. The molecule has 6 nitrogen and oxygen atoms in total. The highest BCUT2D eigenvalue weighted by Crippen LogP contribution is 2.27. The average molecular weight is 320 g/mol. The summed E-state index contributed by atoms with van der Waals surface area (Å²) in [5, 5.41) is 23.0. The molecule has 0 aliphatic rings. The van der Waals surface area contributed by atoms with Crippen LogP contribution in [-0.2, 0) is 10.0 Å². The van der Waals surface area contributed by atoms with E-state index in [1.165, 1.54) is 36.5 Å². The van der Waals surface area contributed by atoms with Gasteiger partial charge in [0.15, 0.2) is 11.5 Å². The first-order valence-corrected chi connectivity index (χ1v) is 8.03. The van der Waals surface area contributed by atoms with Gasteiger partial charge in [-0.05, 0) is 31.2 Å². The van der Waals surface area contributed by atoms with E-state index < -0.39 is 10.0 Å². The number of hydrazone groups is 1. The highest BCUT2D eigenvalue weighted by molar-refractivity contribution is 7.89. The molecule has 116 valence electrons. The van der Waals surface area contributed by atoms with Crippen LogP contribution >= 0.6 is 0 Å². The standard InChI is InChI=1S/C15H16N2O4S/c1-2-17(22(20,21)13-8-4-3-5-9-13)16-11-12-7-6-10-14(18)15(12)19/h3-11,18-19H,2H2,1H3. The quantitative estimate of drug-likeness (QED) is 0.502. The van der Waals surface area contributed by atoms with Crippen LogP contribution in [0.15, 0.2) is 58.5 Å². The zero-order chi connectivity index (χ0) is 16.2. The molecule has 0 unspecified atom stereocenters. The second-order valence-corrected chi connectivity index (χ2v) is 6.26. The second-order valence-electron chi connectivity index (χ2n) is 4.42. The van der Waals surface area contributed by atoms with E-state index in [9.17, 15) is 18.6 Å². The molecule has 0 bridgehead atoms. The Balaban J connectivity index is 2.33. The molecule has 0 radical (unpaired) electrons. The summed E-state index contributed by atoms with van der Waals surface area (Å²) in [7, 11) is -3.75. The van der Waals surface area contributed by atoms with Crippen LogP contribution in [0.4, 0.5) is 0 Å². The summed E-state index contributed by atoms with van der Waals surface area (Å²) >= 11 is 0. The summed E-state index contributed by atoms with van der Waals surface area (Å²) in [5.41, 5.74) is 0.224. The Morgan fingerprint density at radius 3 is 2.41 bits per heavy atom. The number of sulfonamides is 1. The van der Waals surface area contributed by atoms with Gasteiger partial charge in [-0.25, -0.2) is 0 Å². The molecule has 0 saturated carbocycles. The number of nitrogens with zero attached hydrogens (tertiary/aromatic N) is 2. The largest absolute Gasteiger partial charge is 0.504 e. The minimum absolute atomic E-state index is 0.132. The van der Waals surface area contributed by atoms with Gasteiger partial charge in [-0.3, -0.25) is 0 Å². The number of para-hydroxylation sites is 1. The van der Waals surface area contributed by atoms with E-state index in [1.54, 1.807) is 25.1 Å². The minimum atomic E-state index is -3.75. The average Bonchev–Trinajstić information content (AvgIpc) is 2.52. The molecule has 2 aromatic carbocycles. The van der Waals surface area contributed by atoms with E-state index >= 15 is 0 Å². The topological polar surface area (TPSA) is 90.2 Å². The third-order valence-corrected chi connectivity index (χ3v) is 4.74. The Hall–Kier alpha value is -2.54. The number of rotatable bonds is 5. The lowest BCUT2D eigenvalue weighted by Crippen LogP contribution is -2.26. The lowest BCUT2D eigenvalue weighted by atomic mass is 10.2. The van der Waals surface area contributed by atoms with Gasteiger partial charge < -0.3 is 10.2 Å².